The zero-order chi connectivity index (χ0) is 6.69. The Bertz CT molecular complexity index is 203. The van der Waals surface area contributed by atoms with Crippen molar-refractivity contribution in [1.29, 1.82) is 0 Å². The molecule has 0 aromatic carbocycles. The Morgan fingerprint density at radius 1 is 1.44 bits per heavy atom. The van der Waals surface area contributed by atoms with Crippen molar-refractivity contribution >= 4 is 6.08 Å². The molecule has 0 fully saturated rings. The molecule has 0 aliphatic carbocycles. The van der Waals surface area contributed by atoms with Gasteiger partial charge in [0.2, 0.25) is 0 Å². The molecule has 0 saturated carbocycles. The normalized spacial score (nSPS) is 9.11. The van der Waals surface area contributed by atoms with E-state index in [0.29, 0.717) is 0 Å². The van der Waals surface area contributed by atoms with Gasteiger partial charge in [0.05, 0.1) is 0 Å². The van der Waals surface area contributed by atoms with Crippen LogP contribution in [0.15, 0.2) is 31.1 Å². The Labute approximate surface area is 71.1 Å². The van der Waals surface area contributed by atoms with Gasteiger partial charge in [0.15, 0.2) is 0 Å². The van der Waals surface area contributed by atoms with Crippen LogP contribution in [-0.2, 0) is 26.1 Å². The number of hydrogen-bond donors (Lipinski definition) is 0. The second kappa shape index (κ2) is 3.10. The molecule has 0 N–H and O–H groups in total. The standard InChI is InChI=1S/C7H7N.Cd/c1-2-7-3-5-8-6-4-7;/h2-6H,1H2;/q;+1. The summed E-state index contributed by atoms with van der Waals surface area (Å²) in [5, 5.41) is 0. The van der Waals surface area contributed by atoms with Crippen LogP contribution < -0.4 is 2.38 Å². The molecular weight excluding hydrogens is 210 g/mol. The Morgan fingerprint density at radius 3 is 2.44 bits per heavy atom. The minimum absolute atomic E-state index is 0.847. The van der Waals surface area contributed by atoms with E-state index < -0.39 is 0 Å². The van der Waals surface area contributed by atoms with E-state index in [4.69, 9.17) is 0 Å². The summed E-state index contributed by atoms with van der Waals surface area (Å²) in [5.74, 6) is 0. The van der Waals surface area contributed by atoms with Crippen molar-refractivity contribution < 1.29 is 28.4 Å². The third kappa shape index (κ3) is 1.89. The predicted molar refractivity (Wildman–Crippen MR) is 32.1 cm³/mol. The Morgan fingerprint density at radius 2 is 2.00 bits per heavy atom. The van der Waals surface area contributed by atoms with Crippen LogP contribution in [-0.4, -0.2) is 0 Å². The second-order valence-corrected chi connectivity index (χ2v) is 3.93. The molecule has 1 aromatic rings. The van der Waals surface area contributed by atoms with E-state index in [1.807, 2.05) is 6.08 Å². The molecule has 0 spiro atoms. The van der Waals surface area contributed by atoms with Crippen LogP contribution in [0.3, 0.4) is 0 Å². The van der Waals surface area contributed by atoms with Crippen LogP contribution >= 0.6 is 0 Å². The van der Waals surface area contributed by atoms with Crippen molar-refractivity contribution in [3.8, 4) is 0 Å². The van der Waals surface area contributed by atoms with Gasteiger partial charge in [-0.05, 0) is 0 Å². The number of rotatable bonds is 1. The summed E-state index contributed by atoms with van der Waals surface area (Å²) in [7, 11) is 0. The number of aromatic nitrogens is 1. The van der Waals surface area contributed by atoms with Gasteiger partial charge in [0.1, 0.15) is 0 Å². The summed E-state index contributed by atoms with van der Waals surface area (Å²) in [4.78, 5) is 0. The van der Waals surface area contributed by atoms with E-state index in [1.54, 1.807) is 0 Å². The average Bonchev–Trinajstić information content (AvgIpc) is 1.90. The summed E-state index contributed by atoms with van der Waals surface area (Å²) >= 11 is 0.847. The van der Waals surface area contributed by atoms with Gasteiger partial charge >= 0.3 is 71.2 Å². The molecule has 0 atom stereocenters. The van der Waals surface area contributed by atoms with Gasteiger partial charge in [-0.15, -0.1) is 0 Å². The van der Waals surface area contributed by atoms with Gasteiger partial charge in [-0.1, -0.05) is 0 Å². The first-order chi connectivity index (χ1) is 4.33. The number of hydrogen-bond acceptors (Lipinski definition) is 0. The Hall–Kier alpha value is -0.188. The topological polar surface area (TPSA) is 3.88 Å². The van der Waals surface area contributed by atoms with Crippen LogP contribution in [0.5, 0.6) is 0 Å². The second-order valence-electron chi connectivity index (χ2n) is 1.85. The molecule has 1 heterocycles. The maximum atomic E-state index is 3.67. The molecule has 2 heteroatoms. The van der Waals surface area contributed by atoms with Crippen molar-refractivity contribution in [2.45, 2.75) is 0 Å². The van der Waals surface area contributed by atoms with Crippen LogP contribution in [0.25, 0.3) is 6.08 Å². The minimum atomic E-state index is 0.847. The average molecular weight is 218 g/mol. The molecule has 9 heavy (non-hydrogen) atoms. The van der Waals surface area contributed by atoms with E-state index in [9.17, 15) is 0 Å². The monoisotopic (exact) mass is 219 g/mol. The van der Waals surface area contributed by atoms with Crippen molar-refractivity contribution in [3.63, 3.8) is 0 Å². The third-order valence-electron chi connectivity index (χ3n) is 1.15. The van der Waals surface area contributed by atoms with Gasteiger partial charge in [-0.2, -0.15) is 0 Å². The molecule has 1 aromatic heterocycles. The molecule has 0 aliphatic heterocycles. The van der Waals surface area contributed by atoms with Crippen LogP contribution in [0.2, 0.25) is 0 Å². The van der Waals surface area contributed by atoms with E-state index in [0.717, 1.165) is 26.1 Å². The first-order valence-corrected chi connectivity index (χ1v) is 4.58. The van der Waals surface area contributed by atoms with Crippen LogP contribution in [0, 0.1) is 0 Å². The van der Waals surface area contributed by atoms with E-state index in [1.165, 1.54) is 5.56 Å². The van der Waals surface area contributed by atoms with Gasteiger partial charge in [0, 0.05) is 0 Å². The zero-order valence-corrected chi connectivity index (χ0v) is 9.28. The molecule has 0 bridgehead atoms. The fraction of sp³-hybridized carbons (Fsp3) is 0. The van der Waals surface area contributed by atoms with E-state index in [-0.39, 0.29) is 0 Å². The van der Waals surface area contributed by atoms with Crippen LogP contribution in [0.4, 0.5) is 0 Å². The van der Waals surface area contributed by atoms with Crippen molar-refractivity contribution in [2.24, 2.45) is 0 Å². The third-order valence-corrected chi connectivity index (χ3v) is 2.36. The molecule has 0 amide bonds. The molecule has 0 radical (unpaired) electrons. The Kier molecular flexibility index (Phi) is 2.39. The summed E-state index contributed by atoms with van der Waals surface area (Å²) in [6.07, 6.45) is 6.00. The van der Waals surface area contributed by atoms with Crippen molar-refractivity contribution in [3.05, 3.63) is 36.7 Å². The Balaban J connectivity index is 3.01. The van der Waals surface area contributed by atoms with E-state index >= 15 is 0 Å². The van der Waals surface area contributed by atoms with Crippen molar-refractivity contribution in [2.75, 3.05) is 0 Å². The fourth-order valence-corrected chi connectivity index (χ4v) is 1.21. The zero-order valence-electron chi connectivity index (χ0n) is 5.25. The number of nitrogens with zero attached hydrogens (tertiary/aromatic N) is 1. The first kappa shape index (κ1) is 6.93. The van der Waals surface area contributed by atoms with Crippen LogP contribution in [0.1, 0.15) is 5.56 Å². The molecule has 1 rings (SSSR count). The first-order valence-electron chi connectivity index (χ1n) is 2.77. The molecule has 1 nitrogen and oxygen atoms in total. The molecular formula is C7H7CdN+. The summed E-state index contributed by atoms with van der Waals surface area (Å²) in [5.41, 5.74) is 1.19. The molecule has 41 valence electrons. The summed E-state index contributed by atoms with van der Waals surface area (Å²) in [6, 6.07) is 4.13. The van der Waals surface area contributed by atoms with Crippen molar-refractivity contribution in [1.82, 2.24) is 0 Å². The molecule has 0 unspecified atom stereocenters. The summed E-state index contributed by atoms with van der Waals surface area (Å²) < 4.78 is 2.16. The molecule has 0 saturated heterocycles. The quantitative estimate of drug-likeness (QED) is 0.616. The van der Waals surface area contributed by atoms with Gasteiger partial charge in [0.25, 0.3) is 0 Å². The van der Waals surface area contributed by atoms with Gasteiger partial charge in [-0.3, -0.25) is 0 Å². The predicted octanol–water partition coefficient (Wildman–Crippen LogP) is 0.927. The van der Waals surface area contributed by atoms with E-state index in [2.05, 4.69) is 33.5 Å². The van der Waals surface area contributed by atoms with Gasteiger partial charge in [-0.25, -0.2) is 0 Å². The fourth-order valence-electron chi connectivity index (χ4n) is 0.605. The molecule has 0 aliphatic rings. The summed E-state index contributed by atoms with van der Waals surface area (Å²) in [6.45, 7) is 3.67. The number of pyridine rings is 1. The SMILES string of the molecule is C=Cc1cc[n+]([Cd])cc1. The maximum absolute atomic E-state index is 3.67. The van der Waals surface area contributed by atoms with Gasteiger partial charge < -0.3 is 0 Å².